The van der Waals surface area contributed by atoms with Gasteiger partial charge in [0.25, 0.3) is 5.91 Å². The van der Waals surface area contributed by atoms with E-state index in [1.807, 2.05) is 19.1 Å². The lowest BCUT2D eigenvalue weighted by molar-refractivity contribution is 0.0677. The van der Waals surface area contributed by atoms with Crippen LogP contribution in [0.5, 0.6) is 11.5 Å². The van der Waals surface area contributed by atoms with E-state index in [1.165, 1.54) is 6.07 Å². The number of carbonyl (C=O) groups excluding carboxylic acids is 1. The van der Waals surface area contributed by atoms with Gasteiger partial charge >= 0.3 is 0 Å². The Morgan fingerprint density at radius 1 is 1.12 bits per heavy atom. The number of nitrogens with zero attached hydrogens (tertiary/aromatic N) is 1. The van der Waals surface area contributed by atoms with Crippen molar-refractivity contribution in [3.05, 3.63) is 58.7 Å². The average Bonchev–Trinajstić information content (AvgIpc) is 3.03. The summed E-state index contributed by atoms with van der Waals surface area (Å²) < 4.78 is 37.3. The van der Waals surface area contributed by atoms with Gasteiger partial charge in [0.1, 0.15) is 0 Å². The number of rotatable bonds is 1. The summed E-state index contributed by atoms with van der Waals surface area (Å²) in [4.78, 5) is 14.4. The summed E-state index contributed by atoms with van der Waals surface area (Å²) >= 11 is 0. The van der Waals surface area contributed by atoms with Crippen LogP contribution in [0.1, 0.15) is 34.5 Å². The highest BCUT2D eigenvalue weighted by molar-refractivity contribution is 5.94. The van der Waals surface area contributed by atoms with E-state index in [-0.39, 0.29) is 24.3 Å². The normalized spacial score (nSPS) is 18.5. The van der Waals surface area contributed by atoms with Gasteiger partial charge in [-0.15, -0.1) is 0 Å². The summed E-state index contributed by atoms with van der Waals surface area (Å²) in [7, 11) is 0. The van der Waals surface area contributed by atoms with Gasteiger partial charge in [0.2, 0.25) is 6.79 Å². The third-order valence-electron chi connectivity index (χ3n) is 4.60. The van der Waals surface area contributed by atoms with Crippen LogP contribution in [-0.4, -0.2) is 24.1 Å². The van der Waals surface area contributed by atoms with E-state index in [4.69, 9.17) is 9.47 Å². The van der Waals surface area contributed by atoms with Crippen LogP contribution in [0.4, 0.5) is 8.78 Å². The molecule has 0 saturated carbocycles. The number of hydrogen-bond donors (Lipinski definition) is 0. The molecule has 0 spiro atoms. The van der Waals surface area contributed by atoms with Gasteiger partial charge in [0, 0.05) is 12.1 Å². The highest BCUT2D eigenvalue weighted by atomic mass is 19.2. The summed E-state index contributed by atoms with van der Waals surface area (Å²) in [5, 5.41) is 0. The standard InChI is InChI=1S/C18H15F2NO3/c1-10-13-8-17-16(23-9-24-17)7-11(13)4-5-21(10)18(22)12-2-3-14(19)15(20)6-12/h2-3,6-8,10H,4-5,9H2,1H3. The maximum absolute atomic E-state index is 13.4. The SMILES string of the molecule is CC1c2cc3c(cc2CCN1C(=O)c1ccc(F)c(F)c1)OCO3. The zero-order valence-corrected chi connectivity index (χ0v) is 13.0. The van der Waals surface area contributed by atoms with Crippen molar-refractivity contribution in [2.75, 3.05) is 13.3 Å². The first-order valence-corrected chi connectivity index (χ1v) is 7.73. The molecule has 2 aliphatic heterocycles. The molecule has 0 radical (unpaired) electrons. The summed E-state index contributed by atoms with van der Waals surface area (Å²) in [5.41, 5.74) is 2.24. The Kier molecular flexibility index (Phi) is 3.40. The number of hydrogen-bond acceptors (Lipinski definition) is 3. The minimum Gasteiger partial charge on any atom is -0.454 e. The monoisotopic (exact) mass is 331 g/mol. The van der Waals surface area contributed by atoms with Gasteiger partial charge in [-0.1, -0.05) is 0 Å². The Balaban J connectivity index is 1.66. The molecular weight excluding hydrogens is 316 g/mol. The Morgan fingerprint density at radius 3 is 2.62 bits per heavy atom. The molecule has 0 saturated heterocycles. The molecule has 2 aromatic rings. The van der Waals surface area contributed by atoms with Crippen LogP contribution in [0.3, 0.4) is 0 Å². The second-order valence-electron chi connectivity index (χ2n) is 5.96. The molecule has 2 heterocycles. The van der Waals surface area contributed by atoms with Crippen LogP contribution in [-0.2, 0) is 6.42 Å². The predicted octanol–water partition coefficient (Wildman–Crippen LogP) is 3.45. The van der Waals surface area contributed by atoms with Gasteiger partial charge in [-0.25, -0.2) is 8.78 Å². The minimum absolute atomic E-state index is 0.143. The third kappa shape index (κ3) is 2.29. The molecule has 1 unspecified atom stereocenters. The van der Waals surface area contributed by atoms with E-state index in [2.05, 4.69) is 0 Å². The zero-order valence-electron chi connectivity index (χ0n) is 13.0. The molecule has 1 amide bonds. The zero-order chi connectivity index (χ0) is 16.8. The van der Waals surface area contributed by atoms with Crippen LogP contribution in [0.15, 0.2) is 30.3 Å². The van der Waals surface area contributed by atoms with Crippen LogP contribution in [0.25, 0.3) is 0 Å². The number of fused-ring (bicyclic) bond motifs is 2. The summed E-state index contributed by atoms with van der Waals surface area (Å²) in [6, 6.07) is 6.88. The molecule has 0 bridgehead atoms. The van der Waals surface area contributed by atoms with Crippen molar-refractivity contribution in [3.8, 4) is 11.5 Å². The molecule has 6 heteroatoms. The number of carbonyl (C=O) groups is 1. The molecule has 124 valence electrons. The van der Waals surface area contributed by atoms with Gasteiger partial charge in [-0.3, -0.25) is 4.79 Å². The topological polar surface area (TPSA) is 38.8 Å². The highest BCUT2D eigenvalue weighted by Crippen LogP contribution is 2.40. The number of amides is 1. The Labute approximate surface area is 137 Å². The van der Waals surface area contributed by atoms with E-state index >= 15 is 0 Å². The van der Waals surface area contributed by atoms with Gasteiger partial charge in [0.05, 0.1) is 6.04 Å². The molecular formula is C18H15F2NO3. The summed E-state index contributed by atoms with van der Waals surface area (Å²) in [5.74, 6) is -0.903. The Bertz CT molecular complexity index is 837. The van der Waals surface area contributed by atoms with Crippen LogP contribution in [0.2, 0.25) is 0 Å². The smallest absolute Gasteiger partial charge is 0.254 e. The molecule has 4 rings (SSSR count). The quantitative estimate of drug-likeness (QED) is 0.803. The molecule has 0 aliphatic carbocycles. The number of benzene rings is 2. The Hall–Kier alpha value is -2.63. The lowest BCUT2D eigenvalue weighted by Crippen LogP contribution is -2.38. The maximum Gasteiger partial charge on any atom is 0.254 e. The Morgan fingerprint density at radius 2 is 1.88 bits per heavy atom. The van der Waals surface area contributed by atoms with Gasteiger partial charge in [-0.2, -0.15) is 0 Å². The lowest BCUT2D eigenvalue weighted by Gasteiger charge is -2.35. The minimum atomic E-state index is -1.02. The highest BCUT2D eigenvalue weighted by Gasteiger charge is 2.31. The molecule has 0 N–H and O–H groups in total. The van der Waals surface area contributed by atoms with E-state index < -0.39 is 11.6 Å². The second kappa shape index (κ2) is 5.47. The van der Waals surface area contributed by atoms with Crippen molar-refractivity contribution >= 4 is 5.91 Å². The second-order valence-corrected chi connectivity index (χ2v) is 5.96. The predicted molar refractivity (Wildman–Crippen MR) is 82.1 cm³/mol. The van der Waals surface area contributed by atoms with Crippen LogP contribution >= 0.6 is 0 Å². The summed E-state index contributed by atoms with van der Waals surface area (Å²) in [6.45, 7) is 2.62. The molecule has 24 heavy (non-hydrogen) atoms. The fourth-order valence-corrected chi connectivity index (χ4v) is 3.28. The lowest BCUT2D eigenvalue weighted by atomic mass is 9.92. The van der Waals surface area contributed by atoms with Crippen LogP contribution in [0, 0.1) is 11.6 Å². The van der Waals surface area contributed by atoms with Crippen LogP contribution < -0.4 is 9.47 Å². The number of halogens is 2. The fourth-order valence-electron chi connectivity index (χ4n) is 3.28. The van der Waals surface area contributed by atoms with Crippen molar-refractivity contribution < 1.29 is 23.0 Å². The largest absolute Gasteiger partial charge is 0.454 e. The van der Waals surface area contributed by atoms with Gasteiger partial charge in [0.15, 0.2) is 23.1 Å². The molecule has 2 aromatic carbocycles. The number of ether oxygens (including phenoxy) is 2. The first kappa shape index (κ1) is 14.9. The fraction of sp³-hybridized carbons (Fsp3) is 0.278. The van der Waals surface area contributed by atoms with Crippen molar-refractivity contribution in [2.24, 2.45) is 0 Å². The van der Waals surface area contributed by atoms with Gasteiger partial charge < -0.3 is 14.4 Å². The molecule has 1 atom stereocenters. The molecule has 2 aliphatic rings. The third-order valence-corrected chi connectivity index (χ3v) is 4.60. The van der Waals surface area contributed by atoms with Crippen molar-refractivity contribution in [2.45, 2.75) is 19.4 Å². The molecule has 0 aromatic heterocycles. The van der Waals surface area contributed by atoms with Crippen molar-refractivity contribution in [1.82, 2.24) is 4.90 Å². The van der Waals surface area contributed by atoms with E-state index in [0.29, 0.717) is 18.7 Å². The average molecular weight is 331 g/mol. The molecule has 4 nitrogen and oxygen atoms in total. The van der Waals surface area contributed by atoms with E-state index in [1.54, 1.807) is 4.90 Å². The summed E-state index contributed by atoms with van der Waals surface area (Å²) in [6.07, 6.45) is 0.672. The van der Waals surface area contributed by atoms with E-state index in [9.17, 15) is 13.6 Å². The van der Waals surface area contributed by atoms with Crippen molar-refractivity contribution in [1.29, 1.82) is 0 Å². The van der Waals surface area contributed by atoms with Crippen molar-refractivity contribution in [3.63, 3.8) is 0 Å². The maximum atomic E-state index is 13.4. The van der Waals surface area contributed by atoms with E-state index in [0.717, 1.165) is 29.0 Å². The van der Waals surface area contributed by atoms with Gasteiger partial charge in [-0.05, 0) is 54.8 Å². The first-order valence-electron chi connectivity index (χ1n) is 7.73. The molecule has 0 fully saturated rings. The first-order chi connectivity index (χ1) is 11.5.